The number of carbonyl (C=O) groups is 2. The molecule has 3 fully saturated rings. The molecular weight excluding hydrogens is 528 g/mol. The van der Waals surface area contributed by atoms with Crippen LogP contribution in [-0.4, -0.2) is 109 Å². The summed E-state index contributed by atoms with van der Waals surface area (Å²) in [6, 6.07) is 9.56. The number of esters is 2. The van der Waals surface area contributed by atoms with Crippen LogP contribution in [0.15, 0.2) is 30.3 Å². The molecule has 0 aromatic heterocycles. The van der Waals surface area contributed by atoms with Crippen molar-refractivity contribution >= 4 is 11.9 Å². The Labute approximate surface area is 234 Å². The zero-order valence-electron chi connectivity index (χ0n) is 23.8. The molecule has 3 aliphatic heterocycles. The second kappa shape index (κ2) is 14.1. The predicted octanol–water partition coefficient (Wildman–Crippen LogP) is 1.79. The number of hydrogen-bond donors (Lipinski definition) is 0. The molecule has 3 aliphatic rings. The van der Waals surface area contributed by atoms with Crippen LogP contribution >= 0.6 is 0 Å². The van der Waals surface area contributed by atoms with Crippen molar-refractivity contribution < 1.29 is 57.0 Å². The van der Waals surface area contributed by atoms with E-state index in [1.165, 1.54) is 21.0 Å². The van der Waals surface area contributed by atoms with Crippen LogP contribution in [0.2, 0.25) is 0 Å². The minimum Gasteiger partial charge on any atom is -0.463 e. The summed E-state index contributed by atoms with van der Waals surface area (Å²) in [5.41, 5.74) is 0.857. The van der Waals surface area contributed by atoms with E-state index in [9.17, 15) is 9.59 Å². The number of fused-ring (bicyclic) bond motifs is 1. The van der Waals surface area contributed by atoms with Gasteiger partial charge in [-0.2, -0.15) is 0 Å². The molecule has 1 aromatic rings. The van der Waals surface area contributed by atoms with Crippen LogP contribution in [0, 0.1) is 5.92 Å². The summed E-state index contributed by atoms with van der Waals surface area (Å²) in [5, 5.41) is 0. The minimum absolute atomic E-state index is 0.0359. The first-order chi connectivity index (χ1) is 19.3. The van der Waals surface area contributed by atoms with Crippen LogP contribution < -0.4 is 0 Å². The highest BCUT2D eigenvalue weighted by molar-refractivity contribution is 5.66. The van der Waals surface area contributed by atoms with Gasteiger partial charge in [-0.05, 0) is 6.42 Å². The number of benzene rings is 1. The van der Waals surface area contributed by atoms with Crippen molar-refractivity contribution in [2.45, 2.75) is 81.7 Å². The Morgan fingerprint density at radius 2 is 1.50 bits per heavy atom. The zero-order valence-corrected chi connectivity index (χ0v) is 23.8. The Bertz CT molecular complexity index is 960. The molecule has 0 amide bonds. The molecule has 0 aliphatic carbocycles. The fourth-order valence-corrected chi connectivity index (χ4v) is 5.85. The normalized spacial score (nSPS) is 37.8. The van der Waals surface area contributed by atoms with Crippen LogP contribution in [0.3, 0.4) is 0 Å². The van der Waals surface area contributed by atoms with Gasteiger partial charge in [0, 0.05) is 53.8 Å². The van der Waals surface area contributed by atoms with E-state index in [1.807, 2.05) is 30.3 Å². The molecule has 4 rings (SSSR count). The van der Waals surface area contributed by atoms with Crippen LogP contribution in [0.25, 0.3) is 0 Å². The van der Waals surface area contributed by atoms with Gasteiger partial charge in [-0.15, -0.1) is 0 Å². The van der Waals surface area contributed by atoms with E-state index in [1.54, 1.807) is 21.3 Å². The highest BCUT2D eigenvalue weighted by atomic mass is 16.7. The smallest absolute Gasteiger partial charge is 0.303 e. The molecular formula is C28H40O12. The predicted molar refractivity (Wildman–Crippen MR) is 137 cm³/mol. The van der Waals surface area contributed by atoms with Crippen molar-refractivity contribution in [3.05, 3.63) is 35.9 Å². The van der Waals surface area contributed by atoms with E-state index in [-0.39, 0.29) is 13.2 Å². The van der Waals surface area contributed by atoms with E-state index >= 15 is 0 Å². The molecule has 40 heavy (non-hydrogen) atoms. The summed E-state index contributed by atoms with van der Waals surface area (Å²) < 4.78 is 59.1. The van der Waals surface area contributed by atoms with Gasteiger partial charge in [-0.1, -0.05) is 30.3 Å². The van der Waals surface area contributed by atoms with Gasteiger partial charge >= 0.3 is 11.9 Å². The Balaban J connectivity index is 1.61. The third kappa shape index (κ3) is 6.82. The quantitative estimate of drug-likeness (QED) is 0.382. The summed E-state index contributed by atoms with van der Waals surface area (Å²) in [4.78, 5) is 23.9. The third-order valence-corrected chi connectivity index (χ3v) is 7.60. The highest BCUT2D eigenvalue weighted by Crippen LogP contribution is 2.40. The second-order valence-electron chi connectivity index (χ2n) is 10.0. The lowest BCUT2D eigenvalue weighted by molar-refractivity contribution is -0.338. The van der Waals surface area contributed by atoms with Crippen LogP contribution in [0.4, 0.5) is 0 Å². The van der Waals surface area contributed by atoms with Crippen molar-refractivity contribution in [2.24, 2.45) is 5.92 Å². The Kier molecular flexibility index (Phi) is 10.9. The monoisotopic (exact) mass is 568 g/mol. The topological polar surface area (TPSA) is 126 Å². The summed E-state index contributed by atoms with van der Waals surface area (Å²) in [7, 11) is 6.16. The van der Waals surface area contributed by atoms with Crippen molar-refractivity contribution in [3.8, 4) is 0 Å². The molecule has 1 unspecified atom stereocenters. The van der Waals surface area contributed by atoms with Gasteiger partial charge in [0.05, 0.1) is 18.8 Å². The average Bonchev–Trinajstić information content (AvgIpc) is 2.96. The van der Waals surface area contributed by atoms with Gasteiger partial charge in [0.1, 0.15) is 37.1 Å². The lowest BCUT2D eigenvalue weighted by Crippen LogP contribution is -2.65. The van der Waals surface area contributed by atoms with Gasteiger partial charge in [-0.25, -0.2) is 0 Å². The minimum atomic E-state index is -0.814. The molecule has 0 N–H and O–H groups in total. The van der Waals surface area contributed by atoms with Gasteiger partial charge in [0.2, 0.25) is 0 Å². The maximum absolute atomic E-state index is 12.3. The first-order valence-electron chi connectivity index (χ1n) is 13.4. The summed E-state index contributed by atoms with van der Waals surface area (Å²) in [6.45, 7) is 2.87. The Morgan fingerprint density at radius 3 is 2.10 bits per heavy atom. The lowest BCUT2D eigenvalue weighted by atomic mass is 9.81. The maximum Gasteiger partial charge on any atom is 0.303 e. The zero-order chi connectivity index (χ0) is 28.8. The standard InChI is InChI=1S/C28H40O12/c1-15(29)35-13-20-18(22(31-3)26(33-5)28(34-6)39-20)12-19-23(37-16(2)30)25(32-4)24-21(38-19)14-36-27(40-24)17-10-8-7-9-11-17/h7-11,18-28H,12-14H2,1-6H3/t18-,19-,20-,21-,22+,23+,24-,25-,26-,27?,28+/m1/s1. The summed E-state index contributed by atoms with van der Waals surface area (Å²) in [5.74, 6) is -1.34. The van der Waals surface area contributed by atoms with Gasteiger partial charge in [-0.3, -0.25) is 9.59 Å². The van der Waals surface area contributed by atoms with Crippen LogP contribution in [0.5, 0.6) is 0 Å². The molecule has 224 valence electrons. The van der Waals surface area contributed by atoms with E-state index in [0.29, 0.717) is 6.42 Å². The second-order valence-corrected chi connectivity index (χ2v) is 10.0. The molecule has 0 bridgehead atoms. The van der Waals surface area contributed by atoms with E-state index in [2.05, 4.69) is 0 Å². The maximum atomic E-state index is 12.3. The number of hydrogen-bond acceptors (Lipinski definition) is 12. The van der Waals surface area contributed by atoms with Crippen LogP contribution in [0.1, 0.15) is 32.1 Å². The van der Waals surface area contributed by atoms with Crippen LogP contribution in [-0.2, 0) is 57.0 Å². The number of carbonyl (C=O) groups excluding carboxylic acids is 2. The molecule has 3 saturated heterocycles. The van der Waals surface area contributed by atoms with Crippen molar-refractivity contribution in [1.29, 1.82) is 0 Å². The Morgan fingerprint density at radius 1 is 0.800 bits per heavy atom. The van der Waals surface area contributed by atoms with E-state index in [4.69, 9.17) is 47.4 Å². The average molecular weight is 569 g/mol. The summed E-state index contributed by atoms with van der Waals surface area (Å²) in [6.07, 6.45) is -5.98. The van der Waals surface area contributed by atoms with Crippen molar-refractivity contribution in [1.82, 2.24) is 0 Å². The molecule has 1 aromatic carbocycles. The number of rotatable bonds is 10. The fraction of sp³-hybridized carbons (Fsp3) is 0.714. The number of methoxy groups -OCH3 is 4. The van der Waals surface area contributed by atoms with E-state index < -0.39 is 79.3 Å². The molecule has 3 heterocycles. The third-order valence-electron chi connectivity index (χ3n) is 7.60. The van der Waals surface area contributed by atoms with Crippen molar-refractivity contribution in [3.63, 3.8) is 0 Å². The molecule has 12 nitrogen and oxygen atoms in total. The fourth-order valence-electron chi connectivity index (χ4n) is 5.85. The molecule has 12 heteroatoms. The van der Waals surface area contributed by atoms with Gasteiger partial charge < -0.3 is 47.4 Å². The summed E-state index contributed by atoms with van der Waals surface area (Å²) >= 11 is 0. The van der Waals surface area contributed by atoms with Gasteiger partial charge in [0.15, 0.2) is 18.7 Å². The Hall–Kier alpha value is -2.16. The highest BCUT2D eigenvalue weighted by Gasteiger charge is 2.55. The molecule has 0 saturated carbocycles. The SMILES string of the molecule is CO[C@H]1O[C@H](COC(C)=O)[C@@H](C[C@H]2O[C@@H]3COC(c4ccccc4)O[C@H]3[C@H](OC)[C@H]2OC(C)=O)[C@H](OC)[C@H]1OC. The van der Waals surface area contributed by atoms with Gasteiger partial charge in [0.25, 0.3) is 0 Å². The van der Waals surface area contributed by atoms with Crippen molar-refractivity contribution in [2.75, 3.05) is 41.7 Å². The molecule has 0 spiro atoms. The first kappa shape index (κ1) is 30.8. The largest absolute Gasteiger partial charge is 0.463 e. The lowest BCUT2D eigenvalue weighted by Gasteiger charge is -2.51. The van der Waals surface area contributed by atoms with E-state index in [0.717, 1.165) is 5.56 Å². The first-order valence-corrected chi connectivity index (χ1v) is 13.4. The molecule has 11 atom stereocenters. The molecule has 0 radical (unpaired) electrons. The number of ether oxygens (including phenoxy) is 10.